The first kappa shape index (κ1) is 14.1. The van der Waals surface area contributed by atoms with Crippen LogP contribution in [-0.4, -0.2) is 52.8 Å². The third-order valence-corrected chi connectivity index (χ3v) is 3.14. The van der Waals surface area contributed by atoms with E-state index in [4.69, 9.17) is 15.7 Å². The second kappa shape index (κ2) is 6.25. The molecule has 2 rings (SSSR count). The fraction of sp³-hybridized carbons (Fsp3) is 0.385. The quantitative estimate of drug-likeness (QED) is 0.305. The van der Waals surface area contributed by atoms with Crippen LogP contribution in [0.15, 0.2) is 29.4 Å². The molecule has 1 heterocycles. The van der Waals surface area contributed by atoms with Gasteiger partial charge in [-0.05, 0) is 18.6 Å². The van der Waals surface area contributed by atoms with Gasteiger partial charge in [0.05, 0.1) is 11.7 Å². The summed E-state index contributed by atoms with van der Waals surface area (Å²) in [5, 5.41) is 21.0. The highest BCUT2D eigenvalue weighted by atomic mass is 16.5. The highest BCUT2D eigenvalue weighted by Crippen LogP contribution is 2.18. The summed E-state index contributed by atoms with van der Waals surface area (Å²) in [6, 6.07) is 6.72. The molecule has 0 bridgehead atoms. The number of β-amino-alcohol motifs (C(OH)–C–C–N with tert-alkyl or cyclic N) is 1. The number of aliphatic hydroxyl groups is 1. The molecule has 7 nitrogen and oxygen atoms in total. The van der Waals surface area contributed by atoms with Crippen LogP contribution in [0.1, 0.15) is 12.0 Å². The molecule has 1 aliphatic heterocycles. The third-order valence-electron chi connectivity index (χ3n) is 3.14. The van der Waals surface area contributed by atoms with Gasteiger partial charge in [-0.1, -0.05) is 17.3 Å². The fourth-order valence-corrected chi connectivity index (χ4v) is 2.06. The Bertz CT molecular complexity index is 518. The molecule has 4 N–H and O–H groups in total. The van der Waals surface area contributed by atoms with Crippen molar-refractivity contribution < 1.29 is 19.8 Å². The maximum Gasteiger partial charge on any atom is 0.260 e. The highest BCUT2D eigenvalue weighted by Gasteiger charge is 2.24. The van der Waals surface area contributed by atoms with E-state index in [-0.39, 0.29) is 18.3 Å². The zero-order valence-corrected chi connectivity index (χ0v) is 10.9. The number of benzene rings is 1. The number of aliphatic hydroxyl groups excluding tert-OH is 1. The number of oxime groups is 1. The molecule has 20 heavy (non-hydrogen) atoms. The van der Waals surface area contributed by atoms with Crippen molar-refractivity contribution in [3.63, 3.8) is 0 Å². The minimum atomic E-state index is -0.455. The second-order valence-corrected chi connectivity index (χ2v) is 4.55. The minimum Gasteiger partial charge on any atom is -0.483 e. The van der Waals surface area contributed by atoms with E-state index in [1.807, 2.05) is 0 Å². The van der Waals surface area contributed by atoms with E-state index in [9.17, 15) is 9.90 Å². The van der Waals surface area contributed by atoms with Gasteiger partial charge in [0.15, 0.2) is 12.4 Å². The van der Waals surface area contributed by atoms with E-state index in [0.717, 1.165) is 0 Å². The van der Waals surface area contributed by atoms with Crippen LogP contribution in [0.25, 0.3) is 0 Å². The summed E-state index contributed by atoms with van der Waals surface area (Å²) < 4.78 is 5.42. The number of carbonyl (C=O) groups excluding carboxylic acids is 1. The van der Waals surface area contributed by atoms with Crippen molar-refractivity contribution in [3.8, 4) is 5.75 Å². The van der Waals surface area contributed by atoms with Crippen molar-refractivity contribution in [3.05, 3.63) is 29.8 Å². The number of para-hydroxylation sites is 1. The largest absolute Gasteiger partial charge is 0.483 e. The molecule has 1 atom stereocenters. The van der Waals surface area contributed by atoms with E-state index in [0.29, 0.717) is 30.8 Å². The van der Waals surface area contributed by atoms with E-state index in [2.05, 4.69) is 5.16 Å². The smallest absolute Gasteiger partial charge is 0.260 e. The highest BCUT2D eigenvalue weighted by molar-refractivity contribution is 5.99. The Kier molecular flexibility index (Phi) is 4.41. The first-order chi connectivity index (χ1) is 9.61. The number of likely N-dealkylation sites (tertiary alicyclic amines) is 1. The Morgan fingerprint density at radius 1 is 1.50 bits per heavy atom. The van der Waals surface area contributed by atoms with Crippen molar-refractivity contribution in [2.45, 2.75) is 12.5 Å². The van der Waals surface area contributed by atoms with Crippen LogP contribution in [0.2, 0.25) is 0 Å². The Hall–Kier alpha value is -2.28. The summed E-state index contributed by atoms with van der Waals surface area (Å²) in [7, 11) is 0. The molecule has 0 saturated carbocycles. The SMILES string of the molecule is NC(=NO)c1ccccc1OCC(=O)N1CCC(O)C1. The van der Waals surface area contributed by atoms with Crippen molar-refractivity contribution in [1.82, 2.24) is 4.90 Å². The Balaban J connectivity index is 1.99. The lowest BCUT2D eigenvalue weighted by molar-refractivity contribution is -0.132. The molecule has 108 valence electrons. The zero-order chi connectivity index (χ0) is 14.5. The lowest BCUT2D eigenvalue weighted by atomic mass is 10.2. The third kappa shape index (κ3) is 3.18. The molecule has 1 unspecified atom stereocenters. The van der Waals surface area contributed by atoms with Gasteiger partial charge in [0.2, 0.25) is 0 Å². The Morgan fingerprint density at radius 3 is 2.90 bits per heavy atom. The van der Waals surface area contributed by atoms with Gasteiger partial charge >= 0.3 is 0 Å². The second-order valence-electron chi connectivity index (χ2n) is 4.55. The van der Waals surface area contributed by atoms with Crippen LogP contribution in [0.3, 0.4) is 0 Å². The summed E-state index contributed by atoms with van der Waals surface area (Å²) in [6.07, 6.45) is 0.135. The van der Waals surface area contributed by atoms with E-state index < -0.39 is 6.10 Å². The molecular formula is C13H17N3O4. The van der Waals surface area contributed by atoms with Crippen molar-refractivity contribution in [2.75, 3.05) is 19.7 Å². The first-order valence-corrected chi connectivity index (χ1v) is 6.27. The number of amides is 1. The summed E-state index contributed by atoms with van der Waals surface area (Å²) in [6.45, 7) is 0.720. The van der Waals surface area contributed by atoms with Gasteiger partial charge in [-0.15, -0.1) is 0 Å². The molecule has 1 aromatic rings. The predicted molar refractivity (Wildman–Crippen MR) is 71.7 cm³/mol. The van der Waals surface area contributed by atoms with Crippen LogP contribution in [0.4, 0.5) is 0 Å². The van der Waals surface area contributed by atoms with Gasteiger partial charge in [-0.3, -0.25) is 4.79 Å². The first-order valence-electron chi connectivity index (χ1n) is 6.27. The Morgan fingerprint density at radius 2 is 2.25 bits per heavy atom. The Labute approximate surface area is 116 Å². The molecule has 1 aromatic carbocycles. The molecule has 7 heteroatoms. The minimum absolute atomic E-state index is 0.0790. The lowest BCUT2D eigenvalue weighted by Crippen LogP contribution is -2.33. The van der Waals surface area contributed by atoms with Crippen molar-refractivity contribution in [1.29, 1.82) is 0 Å². The van der Waals surface area contributed by atoms with E-state index in [1.54, 1.807) is 29.2 Å². The monoisotopic (exact) mass is 279 g/mol. The summed E-state index contributed by atoms with van der Waals surface area (Å²) in [5.41, 5.74) is 5.95. The number of hydrogen-bond acceptors (Lipinski definition) is 5. The molecule has 0 radical (unpaired) electrons. The zero-order valence-electron chi connectivity index (χ0n) is 10.9. The van der Waals surface area contributed by atoms with Gasteiger partial charge in [0.25, 0.3) is 5.91 Å². The number of nitrogens with two attached hydrogens (primary N) is 1. The molecule has 0 spiro atoms. The van der Waals surface area contributed by atoms with Crippen LogP contribution < -0.4 is 10.5 Å². The summed E-state index contributed by atoms with van der Waals surface area (Å²) >= 11 is 0. The number of hydrogen-bond donors (Lipinski definition) is 3. The van der Waals surface area contributed by atoms with Crippen LogP contribution in [0.5, 0.6) is 5.75 Å². The molecule has 1 aliphatic rings. The number of carbonyl (C=O) groups is 1. The van der Waals surface area contributed by atoms with Gasteiger partial charge in [-0.25, -0.2) is 0 Å². The standard InChI is InChI=1S/C13H17N3O4/c14-13(15-19)10-3-1-2-4-11(10)20-8-12(18)16-6-5-9(17)7-16/h1-4,9,17,19H,5-8H2,(H2,14,15). The molecular weight excluding hydrogens is 262 g/mol. The number of nitrogens with zero attached hydrogens (tertiary/aromatic N) is 2. The average molecular weight is 279 g/mol. The van der Waals surface area contributed by atoms with E-state index in [1.165, 1.54) is 0 Å². The van der Waals surface area contributed by atoms with E-state index >= 15 is 0 Å². The maximum absolute atomic E-state index is 11.9. The van der Waals surface area contributed by atoms with Crippen LogP contribution in [0, 0.1) is 0 Å². The van der Waals surface area contributed by atoms with Crippen LogP contribution in [-0.2, 0) is 4.79 Å². The molecule has 0 aliphatic carbocycles. The number of ether oxygens (including phenoxy) is 1. The normalized spacial score (nSPS) is 19.1. The van der Waals surface area contributed by atoms with Gasteiger partial charge in [0.1, 0.15) is 5.75 Å². The molecule has 1 saturated heterocycles. The van der Waals surface area contributed by atoms with Gasteiger partial charge < -0.3 is 25.7 Å². The predicted octanol–water partition coefficient (Wildman–Crippen LogP) is -0.247. The summed E-state index contributed by atoms with van der Waals surface area (Å²) in [5.74, 6) is 0.0939. The fourth-order valence-electron chi connectivity index (χ4n) is 2.06. The van der Waals surface area contributed by atoms with Crippen molar-refractivity contribution in [2.24, 2.45) is 10.9 Å². The molecule has 1 amide bonds. The van der Waals surface area contributed by atoms with Crippen LogP contribution >= 0.6 is 0 Å². The topological polar surface area (TPSA) is 108 Å². The number of amidine groups is 1. The maximum atomic E-state index is 11.9. The number of rotatable bonds is 4. The molecule has 1 fully saturated rings. The van der Waals surface area contributed by atoms with Crippen molar-refractivity contribution >= 4 is 11.7 Å². The van der Waals surface area contributed by atoms with Gasteiger partial charge in [-0.2, -0.15) is 0 Å². The lowest BCUT2D eigenvalue weighted by Gasteiger charge is -2.16. The molecule has 0 aromatic heterocycles. The average Bonchev–Trinajstić information content (AvgIpc) is 2.91. The van der Waals surface area contributed by atoms with Gasteiger partial charge in [0, 0.05) is 13.1 Å². The summed E-state index contributed by atoms with van der Waals surface area (Å²) in [4.78, 5) is 13.4.